The van der Waals surface area contributed by atoms with Gasteiger partial charge in [-0.3, -0.25) is 0 Å². The van der Waals surface area contributed by atoms with Crippen molar-refractivity contribution in [2.45, 2.75) is 18.4 Å². The molecule has 1 aliphatic heterocycles. The van der Waals surface area contributed by atoms with E-state index < -0.39 is 19.9 Å². The second-order valence-electron chi connectivity index (χ2n) is 4.10. The second-order valence-corrected chi connectivity index (χ2v) is 8.31. The maximum atomic E-state index is 12.2. The van der Waals surface area contributed by atoms with Crippen LogP contribution in [0.1, 0.15) is 12.7 Å². The summed E-state index contributed by atoms with van der Waals surface area (Å²) < 4.78 is 48.1. The fourth-order valence-electron chi connectivity index (χ4n) is 1.73. The first-order chi connectivity index (χ1) is 8.35. The molecule has 0 spiro atoms. The van der Waals surface area contributed by atoms with E-state index in [9.17, 15) is 16.8 Å². The third-order valence-electron chi connectivity index (χ3n) is 2.86. The Morgan fingerprint density at radius 1 is 1.39 bits per heavy atom. The van der Waals surface area contributed by atoms with Crippen molar-refractivity contribution in [3.05, 3.63) is 12.0 Å². The molecule has 1 fully saturated rings. The predicted octanol–water partition coefficient (Wildman–Crippen LogP) is -0.609. The highest BCUT2D eigenvalue weighted by Gasteiger charge is 2.32. The average molecular weight is 293 g/mol. The van der Waals surface area contributed by atoms with Gasteiger partial charge in [0.1, 0.15) is 5.82 Å². The van der Waals surface area contributed by atoms with Crippen molar-refractivity contribution in [3.63, 3.8) is 0 Å². The number of sulfone groups is 1. The first-order valence-electron chi connectivity index (χ1n) is 5.59. The van der Waals surface area contributed by atoms with Crippen molar-refractivity contribution in [3.8, 4) is 0 Å². The minimum atomic E-state index is -3.65. The fraction of sp³-hybridized carbons (Fsp3) is 0.667. The van der Waals surface area contributed by atoms with Gasteiger partial charge in [-0.1, -0.05) is 6.92 Å². The van der Waals surface area contributed by atoms with Gasteiger partial charge >= 0.3 is 0 Å². The van der Waals surface area contributed by atoms with Crippen LogP contribution in [0, 0.1) is 0 Å². The van der Waals surface area contributed by atoms with Gasteiger partial charge < -0.3 is 4.98 Å². The van der Waals surface area contributed by atoms with Crippen LogP contribution in [0.3, 0.4) is 0 Å². The first-order valence-corrected chi connectivity index (χ1v) is 8.86. The van der Waals surface area contributed by atoms with Crippen molar-refractivity contribution < 1.29 is 16.8 Å². The molecule has 0 bridgehead atoms. The molecule has 2 rings (SSSR count). The predicted molar refractivity (Wildman–Crippen MR) is 65.4 cm³/mol. The Balaban J connectivity index is 2.22. The molecular weight excluding hydrogens is 278 g/mol. The van der Waals surface area contributed by atoms with Gasteiger partial charge in [-0.15, -0.1) is 0 Å². The Kier molecular flexibility index (Phi) is 3.47. The molecule has 0 amide bonds. The van der Waals surface area contributed by atoms with Crippen LogP contribution in [-0.4, -0.2) is 55.7 Å². The minimum Gasteiger partial charge on any atom is -0.332 e. The lowest BCUT2D eigenvalue weighted by Gasteiger charge is -2.25. The quantitative estimate of drug-likeness (QED) is 0.801. The molecule has 1 aromatic rings. The van der Waals surface area contributed by atoms with Crippen LogP contribution in [0.2, 0.25) is 0 Å². The standard InChI is InChI=1S/C9H15N3O4S2/c1-2-8-10-7-9(11-8)18(15,16)12-3-5-17(13,14)6-4-12/h7H,2-6H2,1H3,(H,10,11). The number of aromatic nitrogens is 2. The van der Waals surface area contributed by atoms with Crippen molar-refractivity contribution in [2.75, 3.05) is 24.6 Å². The summed E-state index contributed by atoms with van der Waals surface area (Å²) in [6, 6.07) is 0. The van der Waals surface area contributed by atoms with Gasteiger partial charge in [-0.05, 0) is 0 Å². The Labute approximate surface area is 106 Å². The van der Waals surface area contributed by atoms with Crippen LogP contribution in [0.25, 0.3) is 0 Å². The van der Waals surface area contributed by atoms with E-state index in [1.165, 1.54) is 10.5 Å². The maximum absolute atomic E-state index is 12.2. The number of nitrogens with zero attached hydrogens (tertiary/aromatic N) is 2. The number of hydrogen-bond acceptors (Lipinski definition) is 5. The normalized spacial score (nSPS) is 20.9. The number of rotatable bonds is 3. The summed E-state index contributed by atoms with van der Waals surface area (Å²) >= 11 is 0. The van der Waals surface area contributed by atoms with Crippen LogP contribution in [0.5, 0.6) is 0 Å². The molecule has 0 atom stereocenters. The lowest BCUT2D eigenvalue weighted by atomic mass is 10.5. The summed E-state index contributed by atoms with van der Waals surface area (Å²) in [5.41, 5.74) is 0. The molecule has 0 radical (unpaired) electrons. The van der Waals surface area contributed by atoms with Crippen molar-refractivity contribution in [1.82, 2.24) is 14.3 Å². The SMILES string of the molecule is CCc1ncc(S(=O)(=O)N2CCS(=O)(=O)CC2)[nH]1. The van der Waals surface area contributed by atoms with Crippen LogP contribution in [-0.2, 0) is 26.3 Å². The molecule has 1 aliphatic rings. The van der Waals surface area contributed by atoms with E-state index in [4.69, 9.17) is 0 Å². The Morgan fingerprint density at radius 3 is 2.50 bits per heavy atom. The number of H-pyrrole nitrogens is 1. The van der Waals surface area contributed by atoms with Gasteiger partial charge in [0.2, 0.25) is 0 Å². The Bertz CT molecular complexity index is 619. The second kappa shape index (κ2) is 4.63. The zero-order valence-corrected chi connectivity index (χ0v) is 11.6. The van der Waals surface area contributed by atoms with Crippen molar-refractivity contribution in [1.29, 1.82) is 0 Å². The molecule has 1 N–H and O–H groups in total. The van der Waals surface area contributed by atoms with Gasteiger partial charge in [-0.2, -0.15) is 4.31 Å². The highest BCUT2D eigenvalue weighted by molar-refractivity contribution is 7.92. The number of imidazole rings is 1. The molecule has 0 saturated carbocycles. The van der Waals surface area contributed by atoms with Gasteiger partial charge in [0, 0.05) is 19.5 Å². The van der Waals surface area contributed by atoms with E-state index >= 15 is 0 Å². The average Bonchev–Trinajstić information content (AvgIpc) is 2.77. The van der Waals surface area contributed by atoms with Gasteiger partial charge in [0.05, 0.1) is 17.7 Å². The van der Waals surface area contributed by atoms with E-state index in [1.54, 1.807) is 0 Å². The van der Waals surface area contributed by atoms with E-state index in [2.05, 4.69) is 9.97 Å². The third kappa shape index (κ3) is 2.57. The van der Waals surface area contributed by atoms with Gasteiger partial charge in [0.15, 0.2) is 14.9 Å². The number of aromatic amines is 1. The molecule has 0 aliphatic carbocycles. The minimum absolute atomic E-state index is 0.00510. The zero-order valence-electron chi connectivity index (χ0n) is 9.96. The van der Waals surface area contributed by atoms with E-state index in [0.717, 1.165) is 0 Å². The highest BCUT2D eigenvalue weighted by Crippen LogP contribution is 2.16. The molecule has 9 heteroatoms. The molecule has 1 saturated heterocycles. The summed E-state index contributed by atoms with van der Waals surface area (Å²) in [6.45, 7) is 1.87. The van der Waals surface area contributed by atoms with Crippen molar-refractivity contribution in [2.24, 2.45) is 0 Å². The third-order valence-corrected chi connectivity index (χ3v) is 6.28. The van der Waals surface area contributed by atoms with E-state index in [1.807, 2.05) is 6.92 Å². The molecule has 18 heavy (non-hydrogen) atoms. The number of nitrogens with one attached hydrogen (secondary N) is 1. The lowest BCUT2D eigenvalue weighted by Crippen LogP contribution is -2.43. The van der Waals surface area contributed by atoms with Crippen LogP contribution < -0.4 is 0 Å². The van der Waals surface area contributed by atoms with Crippen LogP contribution in [0.4, 0.5) is 0 Å². The number of aryl methyl sites for hydroxylation is 1. The molecule has 0 unspecified atom stereocenters. The summed E-state index contributed by atoms with van der Waals surface area (Å²) in [7, 11) is -6.74. The topological polar surface area (TPSA) is 100 Å². The smallest absolute Gasteiger partial charge is 0.260 e. The lowest BCUT2D eigenvalue weighted by molar-refractivity contribution is 0.429. The maximum Gasteiger partial charge on any atom is 0.260 e. The number of hydrogen-bond donors (Lipinski definition) is 1. The van der Waals surface area contributed by atoms with Gasteiger partial charge in [-0.25, -0.2) is 21.8 Å². The summed E-state index contributed by atoms with van der Waals surface area (Å²) in [5, 5.41) is 0.0265. The summed E-state index contributed by atoms with van der Waals surface area (Å²) in [4.78, 5) is 6.68. The molecular formula is C9H15N3O4S2. The van der Waals surface area contributed by atoms with Gasteiger partial charge in [0.25, 0.3) is 10.0 Å². The zero-order chi connectivity index (χ0) is 13.4. The van der Waals surface area contributed by atoms with Crippen LogP contribution in [0.15, 0.2) is 11.2 Å². The fourth-order valence-corrected chi connectivity index (χ4v) is 4.54. The van der Waals surface area contributed by atoms with E-state index in [0.29, 0.717) is 12.2 Å². The molecule has 1 aromatic heterocycles. The summed E-state index contributed by atoms with van der Waals surface area (Å²) in [6.07, 6.45) is 1.89. The Hall–Kier alpha value is -0.930. The number of sulfonamides is 1. The summed E-state index contributed by atoms with van der Waals surface area (Å²) in [5.74, 6) is 0.348. The van der Waals surface area contributed by atoms with E-state index in [-0.39, 0.29) is 29.6 Å². The molecule has 0 aromatic carbocycles. The molecule has 102 valence electrons. The van der Waals surface area contributed by atoms with Crippen LogP contribution >= 0.6 is 0 Å². The largest absolute Gasteiger partial charge is 0.332 e. The highest BCUT2D eigenvalue weighted by atomic mass is 32.2. The first kappa shape index (κ1) is 13.5. The monoisotopic (exact) mass is 293 g/mol. The van der Waals surface area contributed by atoms with Crippen molar-refractivity contribution >= 4 is 19.9 Å². The Morgan fingerprint density at radius 2 is 2.00 bits per heavy atom. The molecule has 7 nitrogen and oxygen atoms in total. The molecule has 2 heterocycles.